The van der Waals surface area contributed by atoms with E-state index in [1.54, 1.807) is 6.20 Å². The molecule has 0 saturated heterocycles. The molecule has 2 atom stereocenters. The van der Waals surface area contributed by atoms with Gasteiger partial charge in [-0.05, 0) is 76.8 Å². The van der Waals surface area contributed by atoms with Crippen molar-refractivity contribution < 1.29 is 19.0 Å². The topological polar surface area (TPSA) is 108 Å². The van der Waals surface area contributed by atoms with Crippen LogP contribution in [0.1, 0.15) is 64.8 Å². The van der Waals surface area contributed by atoms with Gasteiger partial charge in [0.05, 0.1) is 23.6 Å². The minimum atomic E-state index is -0.810. The fourth-order valence-corrected chi connectivity index (χ4v) is 5.34. The van der Waals surface area contributed by atoms with E-state index in [1.165, 1.54) is 12.1 Å². The average molecular weight is 487 g/mol. The van der Waals surface area contributed by atoms with E-state index in [-0.39, 0.29) is 29.8 Å². The summed E-state index contributed by atoms with van der Waals surface area (Å²) in [6.07, 6.45) is 6.96. The van der Waals surface area contributed by atoms with Crippen LogP contribution in [0.3, 0.4) is 0 Å². The molecule has 2 aromatic heterocycles. The van der Waals surface area contributed by atoms with Gasteiger partial charge in [-0.1, -0.05) is 0 Å². The smallest absolute Gasteiger partial charge is 0.224 e. The normalized spacial score (nSPS) is 25.2. The second kappa shape index (κ2) is 9.31. The van der Waals surface area contributed by atoms with E-state index < -0.39 is 17.2 Å². The van der Waals surface area contributed by atoms with Crippen molar-refractivity contribution in [1.82, 2.24) is 19.5 Å². The van der Waals surface area contributed by atoms with Crippen LogP contribution in [0.15, 0.2) is 24.4 Å². The third-order valence-corrected chi connectivity index (χ3v) is 7.41. The highest BCUT2D eigenvalue weighted by atomic mass is 19.1. The number of hydrogen-bond acceptors (Lipinski definition) is 7. The number of imidazole rings is 1. The number of rotatable bonds is 6. The maximum atomic E-state index is 14.4. The van der Waals surface area contributed by atoms with Gasteiger partial charge in [0.25, 0.3) is 0 Å². The summed E-state index contributed by atoms with van der Waals surface area (Å²) in [4.78, 5) is 13.9. The number of benzene rings is 1. The third kappa shape index (κ3) is 5.08. The van der Waals surface area contributed by atoms with Crippen molar-refractivity contribution >= 4 is 28.7 Å². The number of halogens is 2. The zero-order valence-corrected chi connectivity index (χ0v) is 20.0. The molecule has 0 radical (unpaired) electrons. The lowest BCUT2D eigenvalue weighted by molar-refractivity contribution is 0.0186. The molecule has 5 rings (SSSR count). The summed E-state index contributed by atoms with van der Waals surface area (Å²) in [5.41, 5.74) is 0.484. The summed E-state index contributed by atoms with van der Waals surface area (Å²) in [5.74, 6) is -0.372. The Balaban J connectivity index is 1.50. The maximum Gasteiger partial charge on any atom is 0.224 e. The lowest BCUT2D eigenvalue weighted by Gasteiger charge is -2.26. The van der Waals surface area contributed by atoms with Crippen molar-refractivity contribution in [1.29, 1.82) is 0 Å². The first-order valence-corrected chi connectivity index (χ1v) is 12.3. The molecule has 1 aromatic carbocycles. The summed E-state index contributed by atoms with van der Waals surface area (Å²) in [6, 6.07) is 3.55. The van der Waals surface area contributed by atoms with Crippen LogP contribution in [0.2, 0.25) is 0 Å². The quantitative estimate of drug-likeness (QED) is 0.401. The van der Waals surface area contributed by atoms with E-state index in [0.29, 0.717) is 23.1 Å². The molecule has 8 nitrogen and oxygen atoms in total. The number of aliphatic hydroxyl groups is 2. The van der Waals surface area contributed by atoms with Crippen molar-refractivity contribution in [2.75, 3.05) is 10.6 Å². The molecule has 2 fully saturated rings. The Morgan fingerprint density at radius 2 is 1.83 bits per heavy atom. The molecule has 0 aliphatic heterocycles. The summed E-state index contributed by atoms with van der Waals surface area (Å²) >= 11 is 0. The first-order chi connectivity index (χ1) is 16.7. The molecule has 10 heteroatoms. The number of anilines is 3. The summed E-state index contributed by atoms with van der Waals surface area (Å²) in [7, 11) is 0. The molecule has 0 amide bonds. The number of aliphatic hydroxyl groups excluding tert-OH is 1. The molecule has 1 unspecified atom stereocenters. The van der Waals surface area contributed by atoms with Gasteiger partial charge in [0, 0.05) is 18.2 Å². The van der Waals surface area contributed by atoms with Gasteiger partial charge in [-0.25, -0.2) is 18.7 Å². The van der Waals surface area contributed by atoms with E-state index in [2.05, 4.69) is 20.6 Å². The lowest BCUT2D eigenvalue weighted by atomic mass is 9.89. The van der Waals surface area contributed by atoms with Crippen LogP contribution in [-0.2, 0) is 0 Å². The first kappa shape index (κ1) is 23.9. The highest BCUT2D eigenvalue weighted by Crippen LogP contribution is 2.43. The zero-order chi connectivity index (χ0) is 24.7. The van der Waals surface area contributed by atoms with Gasteiger partial charge < -0.3 is 20.8 Å². The van der Waals surface area contributed by atoms with Gasteiger partial charge in [-0.2, -0.15) is 4.98 Å². The Morgan fingerprint density at radius 1 is 1.06 bits per heavy atom. The Hall–Kier alpha value is -2.85. The highest BCUT2D eigenvalue weighted by molar-refractivity contribution is 5.76. The van der Waals surface area contributed by atoms with Crippen LogP contribution in [0.5, 0.6) is 0 Å². The molecule has 2 aliphatic rings. The van der Waals surface area contributed by atoms with E-state index in [0.717, 1.165) is 51.0 Å². The van der Waals surface area contributed by atoms with E-state index in [1.807, 2.05) is 18.4 Å². The van der Waals surface area contributed by atoms with Crippen molar-refractivity contribution in [2.24, 2.45) is 5.92 Å². The fraction of sp³-hybridized carbons (Fsp3) is 0.560. The molecular formula is C25H32F2N6O2. The van der Waals surface area contributed by atoms with E-state index >= 15 is 0 Å². The third-order valence-electron chi connectivity index (χ3n) is 7.41. The molecule has 188 valence electrons. The van der Waals surface area contributed by atoms with Crippen LogP contribution in [-0.4, -0.2) is 47.5 Å². The predicted octanol–water partition coefficient (Wildman–Crippen LogP) is 4.68. The monoisotopic (exact) mass is 486 g/mol. The van der Waals surface area contributed by atoms with Crippen LogP contribution in [0, 0.1) is 17.6 Å². The number of hydrogen-bond donors (Lipinski definition) is 4. The molecular weight excluding hydrogens is 454 g/mol. The number of aromatic nitrogens is 4. The van der Waals surface area contributed by atoms with E-state index in [9.17, 15) is 19.0 Å². The van der Waals surface area contributed by atoms with Crippen LogP contribution in [0.4, 0.5) is 26.4 Å². The average Bonchev–Trinajstić information content (AvgIpc) is 3.41. The molecule has 35 heavy (non-hydrogen) atoms. The van der Waals surface area contributed by atoms with E-state index in [4.69, 9.17) is 4.98 Å². The second-order valence-electron chi connectivity index (χ2n) is 10.4. The summed E-state index contributed by atoms with van der Waals surface area (Å²) in [6.45, 7) is 3.65. The van der Waals surface area contributed by atoms with Gasteiger partial charge in [-0.15, -0.1) is 0 Å². The predicted molar refractivity (Wildman–Crippen MR) is 130 cm³/mol. The lowest BCUT2D eigenvalue weighted by Crippen LogP contribution is -2.29. The minimum absolute atomic E-state index is 0.00462. The standard InChI is InChI=1S/C25H32F2N6O2/c1-25(2,35)14-3-7-17(11-14)33-22-21(31-24(33)30-20-10-4-15(26)12-19(20)27)13-28-23(32-22)29-16-5-8-18(34)9-6-16/h4,10,12-14,16-18,34-35H,3,5-9,11H2,1-2H3,(H,30,31)(H,28,29,32)/t14-,16?,17?,18?/m1/s1. The SMILES string of the molecule is CC(C)(O)[C@@H]1CCC(n2c(Nc3ccc(F)cc3F)nc3cnc(NC4CCC(O)CC4)nc32)C1. The number of nitrogens with one attached hydrogen (secondary N) is 2. The van der Waals surface area contributed by atoms with Crippen LogP contribution < -0.4 is 10.6 Å². The number of nitrogens with zero attached hydrogens (tertiary/aromatic N) is 4. The Labute approximate surface area is 202 Å². The molecule has 0 spiro atoms. The second-order valence-corrected chi connectivity index (χ2v) is 10.4. The minimum Gasteiger partial charge on any atom is -0.393 e. The summed E-state index contributed by atoms with van der Waals surface area (Å²) in [5, 5.41) is 26.8. The van der Waals surface area contributed by atoms with Gasteiger partial charge in [-0.3, -0.25) is 4.57 Å². The zero-order valence-electron chi connectivity index (χ0n) is 20.0. The molecule has 4 N–H and O–H groups in total. The van der Waals surface area contributed by atoms with Gasteiger partial charge in [0.15, 0.2) is 5.65 Å². The van der Waals surface area contributed by atoms with Crippen molar-refractivity contribution in [2.45, 2.75) is 82.6 Å². The van der Waals surface area contributed by atoms with Crippen LogP contribution >= 0.6 is 0 Å². The number of fused-ring (bicyclic) bond motifs is 1. The van der Waals surface area contributed by atoms with Crippen molar-refractivity contribution in [3.63, 3.8) is 0 Å². The highest BCUT2D eigenvalue weighted by Gasteiger charge is 2.37. The summed E-state index contributed by atoms with van der Waals surface area (Å²) < 4.78 is 29.8. The van der Waals surface area contributed by atoms with Gasteiger partial charge >= 0.3 is 0 Å². The fourth-order valence-electron chi connectivity index (χ4n) is 5.34. The maximum absolute atomic E-state index is 14.4. The van der Waals surface area contributed by atoms with Gasteiger partial charge in [0.2, 0.25) is 11.9 Å². The van der Waals surface area contributed by atoms with Crippen molar-refractivity contribution in [3.8, 4) is 0 Å². The Morgan fingerprint density at radius 3 is 2.51 bits per heavy atom. The van der Waals surface area contributed by atoms with Crippen LogP contribution in [0.25, 0.3) is 11.2 Å². The Bertz CT molecular complexity index is 1200. The Kier molecular flexibility index (Phi) is 6.35. The molecule has 2 aliphatic carbocycles. The molecule has 3 aromatic rings. The molecule has 2 saturated carbocycles. The first-order valence-electron chi connectivity index (χ1n) is 12.3. The van der Waals surface area contributed by atoms with Crippen molar-refractivity contribution in [3.05, 3.63) is 36.0 Å². The largest absolute Gasteiger partial charge is 0.393 e. The molecule has 2 heterocycles. The molecule has 0 bridgehead atoms. The van der Waals surface area contributed by atoms with Gasteiger partial charge in [0.1, 0.15) is 17.2 Å².